The summed E-state index contributed by atoms with van der Waals surface area (Å²) >= 11 is 3.48. The molecule has 0 unspecified atom stereocenters. The summed E-state index contributed by atoms with van der Waals surface area (Å²) in [5, 5.41) is 2.70. The number of anilines is 1. The summed E-state index contributed by atoms with van der Waals surface area (Å²) in [4.78, 5) is 16.5. The van der Waals surface area contributed by atoms with Crippen LogP contribution in [0.15, 0.2) is 22.7 Å². The lowest BCUT2D eigenvalue weighted by atomic mass is 10.1. The molecule has 4 nitrogen and oxygen atoms in total. The number of carbonyl (C=O) groups excluding carboxylic acids is 1. The van der Waals surface area contributed by atoms with Crippen LogP contribution in [-0.4, -0.2) is 51.1 Å². The van der Waals surface area contributed by atoms with E-state index in [-0.39, 0.29) is 5.91 Å². The first-order valence-electron chi connectivity index (χ1n) is 6.07. The Bertz CT molecular complexity index is 442. The van der Waals surface area contributed by atoms with E-state index in [1.165, 1.54) is 0 Å². The topological polar surface area (TPSA) is 35.6 Å². The molecule has 18 heavy (non-hydrogen) atoms. The molecule has 0 radical (unpaired) electrons. The second-order valence-corrected chi connectivity index (χ2v) is 5.45. The molecule has 1 N–H and O–H groups in total. The average molecular weight is 312 g/mol. The van der Waals surface area contributed by atoms with Crippen molar-refractivity contribution < 1.29 is 4.79 Å². The first-order chi connectivity index (χ1) is 8.61. The summed E-state index contributed by atoms with van der Waals surface area (Å²) in [7, 11) is 3.79. The lowest BCUT2D eigenvalue weighted by Crippen LogP contribution is -2.45. The molecule has 1 fully saturated rings. The first-order valence-corrected chi connectivity index (χ1v) is 6.86. The van der Waals surface area contributed by atoms with Gasteiger partial charge in [-0.2, -0.15) is 0 Å². The number of carbonyl (C=O) groups is 1. The van der Waals surface area contributed by atoms with Crippen molar-refractivity contribution in [2.75, 3.05) is 45.2 Å². The monoisotopic (exact) mass is 311 g/mol. The number of rotatable bonds is 2. The number of hydrogen-bond acceptors (Lipinski definition) is 3. The highest BCUT2D eigenvalue weighted by Crippen LogP contribution is 2.26. The molecular formula is C13H18BrN3O. The number of nitrogens with one attached hydrogen (secondary N) is 1. The van der Waals surface area contributed by atoms with Crippen LogP contribution in [0.5, 0.6) is 0 Å². The third-order valence-corrected chi connectivity index (χ3v) is 3.77. The number of nitrogens with zero attached hydrogens (tertiary/aromatic N) is 2. The minimum Gasteiger partial charge on any atom is -0.368 e. The van der Waals surface area contributed by atoms with Crippen LogP contribution >= 0.6 is 15.9 Å². The molecule has 1 aromatic carbocycles. The minimum absolute atomic E-state index is 0.0311. The van der Waals surface area contributed by atoms with Crippen LogP contribution in [0.25, 0.3) is 0 Å². The van der Waals surface area contributed by atoms with Gasteiger partial charge in [0.25, 0.3) is 5.91 Å². The molecule has 2 rings (SSSR count). The van der Waals surface area contributed by atoms with Crippen molar-refractivity contribution in [3.05, 3.63) is 28.2 Å². The second-order valence-electron chi connectivity index (χ2n) is 4.53. The molecular weight excluding hydrogens is 294 g/mol. The van der Waals surface area contributed by atoms with Crippen LogP contribution in [0.2, 0.25) is 0 Å². The van der Waals surface area contributed by atoms with E-state index in [0.29, 0.717) is 0 Å². The maximum atomic E-state index is 11.9. The maximum Gasteiger partial charge on any atom is 0.253 e. The van der Waals surface area contributed by atoms with Crippen molar-refractivity contribution in [3.63, 3.8) is 0 Å². The Balaban J connectivity index is 2.30. The van der Waals surface area contributed by atoms with Gasteiger partial charge in [-0.1, -0.05) is 15.9 Å². The van der Waals surface area contributed by atoms with Gasteiger partial charge in [-0.3, -0.25) is 4.79 Å². The summed E-state index contributed by atoms with van der Waals surface area (Å²) in [5.41, 5.74) is 1.75. The zero-order chi connectivity index (χ0) is 13.1. The molecule has 0 bridgehead atoms. The van der Waals surface area contributed by atoms with Crippen LogP contribution in [0, 0.1) is 0 Å². The quantitative estimate of drug-likeness (QED) is 0.900. The van der Waals surface area contributed by atoms with Crippen molar-refractivity contribution in [3.8, 4) is 0 Å². The number of benzene rings is 1. The molecule has 0 aromatic heterocycles. The van der Waals surface area contributed by atoms with Crippen LogP contribution < -0.4 is 10.2 Å². The second kappa shape index (κ2) is 5.71. The van der Waals surface area contributed by atoms with Crippen molar-refractivity contribution in [1.82, 2.24) is 10.2 Å². The van der Waals surface area contributed by atoms with Crippen molar-refractivity contribution in [2.45, 2.75) is 0 Å². The summed E-state index contributed by atoms with van der Waals surface area (Å²) in [6.07, 6.45) is 0. The van der Waals surface area contributed by atoms with Gasteiger partial charge in [0.05, 0.1) is 11.3 Å². The average Bonchev–Trinajstić information content (AvgIpc) is 2.38. The molecule has 1 aromatic rings. The van der Waals surface area contributed by atoms with E-state index in [4.69, 9.17) is 0 Å². The standard InChI is InChI=1S/C13H18BrN3O/c1-15-13(18)11-4-3-10(14)9-12(11)17-7-5-16(2)6-8-17/h3-4,9H,5-8H2,1-2H3,(H,15,18). The van der Waals surface area contributed by atoms with Crippen molar-refractivity contribution in [1.29, 1.82) is 0 Å². The predicted octanol–water partition coefficient (Wildman–Crippen LogP) is 1.56. The molecule has 1 heterocycles. The fourth-order valence-corrected chi connectivity index (χ4v) is 2.49. The fourth-order valence-electron chi connectivity index (χ4n) is 2.14. The van der Waals surface area contributed by atoms with E-state index in [9.17, 15) is 4.79 Å². The Morgan fingerprint density at radius 3 is 2.56 bits per heavy atom. The zero-order valence-corrected chi connectivity index (χ0v) is 12.3. The molecule has 1 saturated heterocycles. The molecule has 5 heteroatoms. The summed E-state index contributed by atoms with van der Waals surface area (Å²) in [5.74, 6) is -0.0311. The molecule has 1 amide bonds. The van der Waals surface area contributed by atoms with E-state index in [2.05, 4.69) is 38.1 Å². The largest absolute Gasteiger partial charge is 0.368 e. The van der Waals surface area contributed by atoms with Crippen LogP contribution in [0.4, 0.5) is 5.69 Å². The van der Waals surface area contributed by atoms with Gasteiger partial charge in [-0.25, -0.2) is 0 Å². The van der Waals surface area contributed by atoms with E-state index in [1.54, 1.807) is 7.05 Å². The lowest BCUT2D eigenvalue weighted by Gasteiger charge is -2.35. The SMILES string of the molecule is CNC(=O)c1ccc(Br)cc1N1CCN(C)CC1. The smallest absolute Gasteiger partial charge is 0.253 e. The zero-order valence-electron chi connectivity index (χ0n) is 10.7. The lowest BCUT2D eigenvalue weighted by molar-refractivity contribution is 0.0963. The predicted molar refractivity (Wildman–Crippen MR) is 77.2 cm³/mol. The molecule has 0 atom stereocenters. The number of likely N-dealkylation sites (N-methyl/N-ethyl adjacent to an activating group) is 1. The Morgan fingerprint density at radius 2 is 1.94 bits per heavy atom. The van der Waals surface area contributed by atoms with Crippen LogP contribution in [-0.2, 0) is 0 Å². The van der Waals surface area contributed by atoms with Crippen molar-refractivity contribution >= 4 is 27.5 Å². The third kappa shape index (κ3) is 2.84. The van der Waals surface area contributed by atoms with Gasteiger partial charge in [0.15, 0.2) is 0 Å². The third-order valence-electron chi connectivity index (χ3n) is 3.28. The normalized spacial score (nSPS) is 16.7. The molecule has 1 aliphatic heterocycles. The van der Waals surface area contributed by atoms with Gasteiger partial charge < -0.3 is 15.1 Å². The molecule has 1 aliphatic rings. The van der Waals surface area contributed by atoms with Gasteiger partial charge in [0.1, 0.15) is 0 Å². The first kappa shape index (κ1) is 13.4. The molecule has 98 valence electrons. The van der Waals surface area contributed by atoms with Gasteiger partial charge in [0.2, 0.25) is 0 Å². The Hall–Kier alpha value is -1.07. The van der Waals surface area contributed by atoms with Gasteiger partial charge >= 0.3 is 0 Å². The number of hydrogen-bond donors (Lipinski definition) is 1. The summed E-state index contributed by atoms with van der Waals surface area (Å²) < 4.78 is 1.00. The fraction of sp³-hybridized carbons (Fsp3) is 0.462. The van der Waals surface area contributed by atoms with Gasteiger partial charge in [0, 0.05) is 37.7 Å². The van der Waals surface area contributed by atoms with E-state index >= 15 is 0 Å². The van der Waals surface area contributed by atoms with E-state index in [1.807, 2.05) is 18.2 Å². The van der Waals surface area contributed by atoms with E-state index in [0.717, 1.165) is 41.9 Å². The van der Waals surface area contributed by atoms with E-state index < -0.39 is 0 Å². The summed E-state index contributed by atoms with van der Waals surface area (Å²) in [6.45, 7) is 3.97. The number of halogens is 1. The Morgan fingerprint density at radius 1 is 1.28 bits per heavy atom. The summed E-state index contributed by atoms with van der Waals surface area (Å²) in [6, 6.07) is 5.80. The Kier molecular flexibility index (Phi) is 4.24. The van der Waals surface area contributed by atoms with Crippen LogP contribution in [0.3, 0.4) is 0 Å². The van der Waals surface area contributed by atoms with Crippen LogP contribution in [0.1, 0.15) is 10.4 Å². The van der Waals surface area contributed by atoms with Gasteiger partial charge in [-0.05, 0) is 25.2 Å². The molecule has 0 saturated carbocycles. The minimum atomic E-state index is -0.0311. The number of piperazine rings is 1. The molecule has 0 spiro atoms. The number of amides is 1. The van der Waals surface area contributed by atoms with Gasteiger partial charge in [-0.15, -0.1) is 0 Å². The highest BCUT2D eigenvalue weighted by atomic mass is 79.9. The Labute approximate surface area is 116 Å². The highest BCUT2D eigenvalue weighted by molar-refractivity contribution is 9.10. The molecule has 0 aliphatic carbocycles. The van der Waals surface area contributed by atoms with Crippen molar-refractivity contribution in [2.24, 2.45) is 0 Å². The highest BCUT2D eigenvalue weighted by Gasteiger charge is 2.19. The maximum absolute atomic E-state index is 11.9.